The molecule has 9 nitrogen and oxygen atoms in total. The Balaban J connectivity index is 1.47. The molecule has 0 aliphatic carbocycles. The Morgan fingerprint density at radius 3 is 2.50 bits per heavy atom. The molecule has 32 heavy (non-hydrogen) atoms. The molecule has 9 heteroatoms. The van der Waals surface area contributed by atoms with E-state index in [1.165, 1.54) is 12.8 Å². The fourth-order valence-electron chi connectivity index (χ4n) is 3.87. The van der Waals surface area contributed by atoms with Crippen molar-refractivity contribution < 1.29 is 4.74 Å². The normalized spacial score (nSPS) is 14.2. The van der Waals surface area contributed by atoms with Crippen LogP contribution < -0.4 is 9.64 Å². The molecule has 1 fully saturated rings. The molecule has 0 spiro atoms. The summed E-state index contributed by atoms with van der Waals surface area (Å²) in [6.45, 7) is 6.51. The van der Waals surface area contributed by atoms with Crippen LogP contribution in [0.5, 0.6) is 5.75 Å². The van der Waals surface area contributed by atoms with Gasteiger partial charge in [-0.05, 0) is 56.5 Å². The van der Waals surface area contributed by atoms with Gasteiger partial charge in [0.25, 0.3) is 0 Å². The Labute approximate surface area is 186 Å². The van der Waals surface area contributed by atoms with Crippen molar-refractivity contribution in [2.75, 3.05) is 25.1 Å². The van der Waals surface area contributed by atoms with Crippen LogP contribution in [-0.4, -0.2) is 54.5 Å². The first-order chi connectivity index (χ1) is 15.6. The Morgan fingerprint density at radius 1 is 1.00 bits per heavy atom. The molecule has 5 rings (SSSR count). The van der Waals surface area contributed by atoms with Crippen LogP contribution in [-0.2, 0) is 6.54 Å². The van der Waals surface area contributed by atoms with Gasteiger partial charge in [0.15, 0.2) is 17.3 Å². The molecule has 1 aliphatic rings. The van der Waals surface area contributed by atoms with Crippen molar-refractivity contribution >= 4 is 23.7 Å². The molecule has 0 amide bonds. The van der Waals surface area contributed by atoms with Gasteiger partial charge in [-0.2, -0.15) is 4.98 Å². The highest BCUT2D eigenvalue weighted by molar-refractivity contribution is 5.65. The first-order valence-electron chi connectivity index (χ1n) is 10.8. The molecule has 1 aromatic carbocycles. The molecule has 4 aromatic rings. The molecule has 4 heterocycles. The van der Waals surface area contributed by atoms with Gasteiger partial charge in [-0.1, -0.05) is 12.1 Å². The molecule has 0 saturated carbocycles. The second-order valence-electron chi connectivity index (χ2n) is 7.99. The van der Waals surface area contributed by atoms with Gasteiger partial charge in [0, 0.05) is 19.3 Å². The van der Waals surface area contributed by atoms with Crippen molar-refractivity contribution in [3.63, 3.8) is 0 Å². The molecule has 3 aromatic heterocycles. The smallest absolute Gasteiger partial charge is 0.245 e. The van der Waals surface area contributed by atoms with Gasteiger partial charge in [-0.25, -0.2) is 14.2 Å². The van der Waals surface area contributed by atoms with E-state index in [2.05, 4.69) is 20.0 Å². The van der Waals surface area contributed by atoms with Gasteiger partial charge >= 0.3 is 0 Å². The van der Waals surface area contributed by atoms with Crippen LogP contribution in [0.15, 0.2) is 30.5 Å². The predicted molar refractivity (Wildman–Crippen MR) is 123 cm³/mol. The lowest BCUT2D eigenvalue weighted by Crippen LogP contribution is -2.19. The summed E-state index contributed by atoms with van der Waals surface area (Å²) in [6, 6.07) is 8.02. The molecular formula is C23H26N8O. The zero-order valence-corrected chi connectivity index (χ0v) is 18.6. The third kappa shape index (κ3) is 3.93. The van der Waals surface area contributed by atoms with Gasteiger partial charge in [0.1, 0.15) is 5.75 Å². The van der Waals surface area contributed by atoms with E-state index in [-0.39, 0.29) is 0 Å². The quantitative estimate of drug-likeness (QED) is 0.464. The number of aryl methyl sites for hydroxylation is 2. The highest BCUT2D eigenvalue weighted by atomic mass is 16.5. The standard InChI is InChI=1S/C23H26N8O/c1-16-14-24-17(2)22-25-20(27-31(16)22)10-11-21-26-23(29-12-4-5-13-29)28-30(21)15-18-6-8-19(32-3)9-7-18/h6-11,14H,4-5,12-13,15H2,1-3H3/b11-10+. The highest BCUT2D eigenvalue weighted by Crippen LogP contribution is 2.19. The maximum atomic E-state index is 5.27. The summed E-state index contributed by atoms with van der Waals surface area (Å²) < 4.78 is 9.02. The first-order valence-corrected chi connectivity index (χ1v) is 10.8. The minimum absolute atomic E-state index is 0.616. The summed E-state index contributed by atoms with van der Waals surface area (Å²) in [5.74, 6) is 3.00. The number of hydrogen-bond acceptors (Lipinski definition) is 7. The minimum Gasteiger partial charge on any atom is -0.497 e. The van der Waals surface area contributed by atoms with Crippen LogP contribution >= 0.6 is 0 Å². The van der Waals surface area contributed by atoms with Crippen LogP contribution in [0.25, 0.3) is 17.8 Å². The number of rotatable bonds is 6. The summed E-state index contributed by atoms with van der Waals surface area (Å²) in [4.78, 5) is 16.1. The minimum atomic E-state index is 0.616. The van der Waals surface area contributed by atoms with Crippen LogP contribution in [0.1, 0.15) is 41.4 Å². The van der Waals surface area contributed by atoms with Crippen molar-refractivity contribution in [3.8, 4) is 5.75 Å². The van der Waals surface area contributed by atoms with Crippen LogP contribution in [0.2, 0.25) is 0 Å². The number of aromatic nitrogens is 7. The SMILES string of the molecule is COc1ccc(Cn2nc(N3CCCC3)nc2/C=C/c2nc3c(C)ncc(C)n3n2)cc1. The number of anilines is 1. The van der Waals surface area contributed by atoms with E-state index < -0.39 is 0 Å². The molecular weight excluding hydrogens is 404 g/mol. The van der Waals surface area contributed by atoms with Gasteiger partial charge in [0.2, 0.25) is 5.95 Å². The maximum absolute atomic E-state index is 5.27. The van der Waals surface area contributed by atoms with Gasteiger partial charge in [0.05, 0.1) is 25.0 Å². The Morgan fingerprint density at radius 2 is 1.78 bits per heavy atom. The van der Waals surface area contributed by atoms with Crippen molar-refractivity contribution in [2.24, 2.45) is 0 Å². The molecule has 1 aliphatic heterocycles. The van der Waals surface area contributed by atoms with Crippen LogP contribution in [0.3, 0.4) is 0 Å². The predicted octanol–water partition coefficient (Wildman–Crippen LogP) is 3.16. The van der Waals surface area contributed by atoms with E-state index in [0.717, 1.165) is 53.2 Å². The number of fused-ring (bicyclic) bond motifs is 1. The second-order valence-corrected chi connectivity index (χ2v) is 7.99. The fraction of sp³-hybridized carbons (Fsp3) is 0.348. The number of nitrogens with zero attached hydrogens (tertiary/aromatic N) is 8. The largest absolute Gasteiger partial charge is 0.497 e. The lowest BCUT2D eigenvalue weighted by atomic mass is 10.2. The van der Waals surface area contributed by atoms with Crippen LogP contribution in [0, 0.1) is 13.8 Å². The van der Waals surface area contributed by atoms with E-state index in [4.69, 9.17) is 14.8 Å². The summed E-state index contributed by atoms with van der Waals surface area (Å²) in [5, 5.41) is 9.41. The molecule has 0 bridgehead atoms. The number of ether oxygens (including phenoxy) is 1. The number of methoxy groups -OCH3 is 1. The van der Waals surface area contributed by atoms with Crippen molar-refractivity contribution in [1.82, 2.24) is 34.3 Å². The zero-order chi connectivity index (χ0) is 22.1. The summed E-state index contributed by atoms with van der Waals surface area (Å²) in [6.07, 6.45) is 7.97. The lowest BCUT2D eigenvalue weighted by molar-refractivity contribution is 0.414. The van der Waals surface area contributed by atoms with Crippen molar-refractivity contribution in [2.45, 2.75) is 33.2 Å². The molecule has 0 N–H and O–H groups in total. The maximum Gasteiger partial charge on any atom is 0.245 e. The topological polar surface area (TPSA) is 86.3 Å². The highest BCUT2D eigenvalue weighted by Gasteiger charge is 2.18. The Kier molecular flexibility index (Phi) is 5.30. The van der Waals surface area contributed by atoms with E-state index in [1.807, 2.05) is 59.5 Å². The molecule has 0 unspecified atom stereocenters. The van der Waals surface area contributed by atoms with Crippen molar-refractivity contribution in [1.29, 1.82) is 0 Å². The molecule has 164 valence electrons. The monoisotopic (exact) mass is 430 g/mol. The Hall–Kier alpha value is -3.75. The summed E-state index contributed by atoms with van der Waals surface area (Å²) in [7, 11) is 1.67. The zero-order valence-electron chi connectivity index (χ0n) is 18.6. The van der Waals surface area contributed by atoms with E-state index in [0.29, 0.717) is 12.4 Å². The first kappa shape index (κ1) is 20.2. The van der Waals surface area contributed by atoms with E-state index >= 15 is 0 Å². The second kappa shape index (κ2) is 8.41. The molecule has 1 saturated heterocycles. The van der Waals surface area contributed by atoms with Gasteiger partial charge in [-0.15, -0.1) is 10.2 Å². The number of hydrogen-bond donors (Lipinski definition) is 0. The fourth-order valence-corrected chi connectivity index (χ4v) is 3.87. The third-order valence-corrected chi connectivity index (χ3v) is 5.68. The summed E-state index contributed by atoms with van der Waals surface area (Å²) >= 11 is 0. The van der Waals surface area contributed by atoms with E-state index in [1.54, 1.807) is 13.3 Å². The average molecular weight is 431 g/mol. The average Bonchev–Trinajstić information content (AvgIpc) is 3.55. The van der Waals surface area contributed by atoms with E-state index in [9.17, 15) is 0 Å². The van der Waals surface area contributed by atoms with Crippen molar-refractivity contribution in [3.05, 3.63) is 59.1 Å². The lowest BCUT2D eigenvalue weighted by Gasteiger charge is -2.11. The third-order valence-electron chi connectivity index (χ3n) is 5.68. The molecule has 0 radical (unpaired) electrons. The van der Waals surface area contributed by atoms with Gasteiger partial charge in [-0.3, -0.25) is 4.98 Å². The number of benzene rings is 1. The van der Waals surface area contributed by atoms with Crippen LogP contribution in [0.4, 0.5) is 5.95 Å². The van der Waals surface area contributed by atoms with Gasteiger partial charge < -0.3 is 9.64 Å². The Bertz CT molecular complexity index is 1230. The molecule has 0 atom stereocenters. The summed E-state index contributed by atoms with van der Waals surface area (Å²) in [5.41, 5.74) is 3.68.